The van der Waals surface area contributed by atoms with Gasteiger partial charge in [0.25, 0.3) is 0 Å². The Bertz CT molecular complexity index is 550. The van der Waals surface area contributed by atoms with Crippen LogP contribution < -0.4 is 10.1 Å². The molecule has 102 valence electrons. The van der Waals surface area contributed by atoms with Gasteiger partial charge >= 0.3 is 0 Å². The highest BCUT2D eigenvalue weighted by atomic mass is 16.5. The lowest BCUT2D eigenvalue weighted by Gasteiger charge is -2.19. The zero-order chi connectivity index (χ0) is 13.8. The SMILES string of the molecule is CCNC(c1ncccc1OC)c1cc(C)nn1C. The van der Waals surface area contributed by atoms with Gasteiger partial charge in [0.15, 0.2) is 0 Å². The first-order valence-electron chi connectivity index (χ1n) is 6.40. The van der Waals surface area contributed by atoms with E-state index in [0.717, 1.165) is 29.4 Å². The minimum absolute atomic E-state index is 0.0210. The van der Waals surface area contributed by atoms with Crippen molar-refractivity contribution in [2.24, 2.45) is 7.05 Å². The van der Waals surface area contributed by atoms with Gasteiger partial charge in [-0.05, 0) is 31.7 Å². The predicted octanol–water partition coefficient (Wildman–Crippen LogP) is 1.83. The van der Waals surface area contributed by atoms with Crippen LogP contribution in [-0.2, 0) is 7.05 Å². The topological polar surface area (TPSA) is 52.0 Å². The van der Waals surface area contributed by atoms with Gasteiger partial charge in [0.1, 0.15) is 11.4 Å². The molecule has 0 bridgehead atoms. The van der Waals surface area contributed by atoms with E-state index in [4.69, 9.17) is 4.74 Å². The zero-order valence-electron chi connectivity index (χ0n) is 11.8. The van der Waals surface area contributed by atoms with Gasteiger partial charge in [0.05, 0.1) is 24.5 Å². The monoisotopic (exact) mass is 260 g/mol. The first kappa shape index (κ1) is 13.5. The van der Waals surface area contributed by atoms with Crippen LogP contribution in [-0.4, -0.2) is 28.4 Å². The lowest BCUT2D eigenvalue weighted by molar-refractivity contribution is 0.398. The fraction of sp³-hybridized carbons (Fsp3) is 0.429. The van der Waals surface area contributed by atoms with Gasteiger partial charge in [0, 0.05) is 13.2 Å². The Kier molecular flexibility index (Phi) is 4.16. The maximum absolute atomic E-state index is 5.41. The average Bonchev–Trinajstić information content (AvgIpc) is 2.75. The largest absolute Gasteiger partial charge is 0.495 e. The van der Waals surface area contributed by atoms with Crippen LogP contribution >= 0.6 is 0 Å². The number of hydrogen-bond acceptors (Lipinski definition) is 4. The molecule has 2 aromatic rings. The fourth-order valence-electron chi connectivity index (χ4n) is 2.24. The van der Waals surface area contributed by atoms with Gasteiger partial charge in [0.2, 0.25) is 0 Å². The normalized spacial score (nSPS) is 12.4. The summed E-state index contributed by atoms with van der Waals surface area (Å²) >= 11 is 0. The quantitative estimate of drug-likeness (QED) is 0.891. The van der Waals surface area contributed by atoms with Gasteiger partial charge in [-0.2, -0.15) is 5.10 Å². The van der Waals surface area contributed by atoms with Crippen LogP contribution in [0.4, 0.5) is 0 Å². The van der Waals surface area contributed by atoms with Gasteiger partial charge in [-0.15, -0.1) is 0 Å². The van der Waals surface area contributed by atoms with E-state index >= 15 is 0 Å². The molecule has 1 atom stereocenters. The molecule has 0 aliphatic rings. The van der Waals surface area contributed by atoms with Crippen molar-refractivity contribution < 1.29 is 4.74 Å². The summed E-state index contributed by atoms with van der Waals surface area (Å²) in [6.45, 7) is 4.91. The molecule has 5 nitrogen and oxygen atoms in total. The molecule has 2 aromatic heterocycles. The third-order valence-electron chi connectivity index (χ3n) is 3.04. The summed E-state index contributed by atoms with van der Waals surface area (Å²) in [5, 5.41) is 7.84. The van der Waals surface area contributed by atoms with Crippen molar-refractivity contribution in [3.63, 3.8) is 0 Å². The molecule has 5 heteroatoms. The third kappa shape index (κ3) is 2.76. The molecule has 0 spiro atoms. The van der Waals surface area contributed by atoms with Crippen LogP contribution in [0.15, 0.2) is 24.4 Å². The number of aromatic nitrogens is 3. The highest BCUT2D eigenvalue weighted by molar-refractivity contribution is 5.35. The number of nitrogens with zero attached hydrogens (tertiary/aromatic N) is 3. The van der Waals surface area contributed by atoms with Crippen LogP contribution in [0.3, 0.4) is 0 Å². The first-order chi connectivity index (χ1) is 9.17. The summed E-state index contributed by atoms with van der Waals surface area (Å²) < 4.78 is 7.29. The summed E-state index contributed by atoms with van der Waals surface area (Å²) in [5.74, 6) is 0.785. The van der Waals surface area contributed by atoms with Crippen LogP contribution in [0.5, 0.6) is 5.75 Å². The molecule has 0 aliphatic heterocycles. The van der Waals surface area contributed by atoms with Gasteiger partial charge in [-0.3, -0.25) is 9.67 Å². The van der Waals surface area contributed by atoms with Crippen molar-refractivity contribution in [3.05, 3.63) is 41.5 Å². The molecule has 0 saturated heterocycles. The highest BCUT2D eigenvalue weighted by Crippen LogP contribution is 2.27. The highest BCUT2D eigenvalue weighted by Gasteiger charge is 2.22. The van der Waals surface area contributed by atoms with E-state index in [2.05, 4.69) is 28.4 Å². The fourth-order valence-corrected chi connectivity index (χ4v) is 2.24. The van der Waals surface area contributed by atoms with Crippen molar-refractivity contribution >= 4 is 0 Å². The van der Waals surface area contributed by atoms with E-state index < -0.39 is 0 Å². The molecule has 0 aromatic carbocycles. The van der Waals surface area contributed by atoms with E-state index in [1.54, 1.807) is 13.3 Å². The second kappa shape index (κ2) is 5.84. The van der Waals surface area contributed by atoms with Crippen LogP contribution in [0.1, 0.15) is 30.0 Å². The maximum Gasteiger partial charge on any atom is 0.142 e. The number of pyridine rings is 1. The number of ether oxygens (including phenoxy) is 1. The molecule has 2 heterocycles. The molecule has 2 rings (SSSR count). The maximum atomic E-state index is 5.41. The van der Waals surface area contributed by atoms with Crippen molar-refractivity contribution in [1.82, 2.24) is 20.1 Å². The molecule has 1 unspecified atom stereocenters. The zero-order valence-corrected chi connectivity index (χ0v) is 11.8. The molecule has 1 N–H and O–H groups in total. The summed E-state index contributed by atoms with van der Waals surface area (Å²) in [6.07, 6.45) is 1.78. The molecule has 0 fully saturated rings. The summed E-state index contributed by atoms with van der Waals surface area (Å²) in [5.41, 5.74) is 2.96. The molecular weight excluding hydrogens is 240 g/mol. The lowest BCUT2D eigenvalue weighted by atomic mass is 10.1. The molecule has 19 heavy (non-hydrogen) atoms. The molecular formula is C14H20N4O. The van der Waals surface area contributed by atoms with Crippen molar-refractivity contribution in [2.75, 3.05) is 13.7 Å². The van der Waals surface area contributed by atoms with E-state index in [0.29, 0.717) is 0 Å². The minimum Gasteiger partial charge on any atom is -0.495 e. The van der Waals surface area contributed by atoms with Crippen LogP contribution in [0.25, 0.3) is 0 Å². The number of rotatable bonds is 5. The minimum atomic E-state index is -0.0210. The number of aryl methyl sites for hydroxylation is 2. The van der Waals surface area contributed by atoms with Crippen LogP contribution in [0, 0.1) is 6.92 Å². The average molecular weight is 260 g/mol. The van der Waals surface area contributed by atoms with Gasteiger partial charge in [-0.25, -0.2) is 0 Å². The molecule has 0 aliphatic carbocycles. The Balaban J connectivity index is 2.48. The van der Waals surface area contributed by atoms with E-state index in [-0.39, 0.29) is 6.04 Å². The van der Waals surface area contributed by atoms with Gasteiger partial charge in [-0.1, -0.05) is 6.92 Å². The second-order valence-corrected chi connectivity index (χ2v) is 4.42. The predicted molar refractivity (Wildman–Crippen MR) is 74.3 cm³/mol. The molecule has 0 radical (unpaired) electrons. The van der Waals surface area contributed by atoms with Crippen molar-refractivity contribution in [1.29, 1.82) is 0 Å². The number of nitrogens with one attached hydrogen (secondary N) is 1. The Hall–Kier alpha value is -1.88. The Morgan fingerprint density at radius 3 is 2.84 bits per heavy atom. The summed E-state index contributed by atoms with van der Waals surface area (Å²) in [4.78, 5) is 4.47. The summed E-state index contributed by atoms with van der Waals surface area (Å²) in [7, 11) is 3.61. The second-order valence-electron chi connectivity index (χ2n) is 4.42. The smallest absolute Gasteiger partial charge is 0.142 e. The van der Waals surface area contributed by atoms with Crippen molar-refractivity contribution in [2.45, 2.75) is 19.9 Å². The molecule has 0 saturated carbocycles. The van der Waals surface area contributed by atoms with Gasteiger partial charge < -0.3 is 10.1 Å². The Labute approximate surface area is 113 Å². The van der Waals surface area contributed by atoms with Crippen LogP contribution in [0.2, 0.25) is 0 Å². The number of methoxy groups -OCH3 is 1. The first-order valence-corrected chi connectivity index (χ1v) is 6.40. The third-order valence-corrected chi connectivity index (χ3v) is 3.04. The molecule has 0 amide bonds. The standard InChI is InChI=1S/C14H20N4O/c1-5-15-13(11-9-10(2)17-18(11)3)14-12(19-4)7-6-8-16-14/h6-9,13,15H,5H2,1-4H3. The lowest BCUT2D eigenvalue weighted by Crippen LogP contribution is -2.25. The Morgan fingerprint density at radius 1 is 1.47 bits per heavy atom. The summed E-state index contributed by atoms with van der Waals surface area (Å²) in [6, 6.07) is 5.85. The van der Waals surface area contributed by atoms with E-state index in [1.165, 1.54) is 0 Å². The Morgan fingerprint density at radius 2 is 2.26 bits per heavy atom. The van der Waals surface area contributed by atoms with E-state index in [9.17, 15) is 0 Å². The van der Waals surface area contributed by atoms with Crippen molar-refractivity contribution in [3.8, 4) is 5.75 Å². The number of hydrogen-bond donors (Lipinski definition) is 1. The van der Waals surface area contributed by atoms with E-state index in [1.807, 2.05) is 30.8 Å².